The fourth-order valence-corrected chi connectivity index (χ4v) is 1.74. The topological polar surface area (TPSA) is 74.2 Å². The third-order valence-corrected chi connectivity index (χ3v) is 2.78. The molecule has 1 aromatic rings. The van der Waals surface area contributed by atoms with E-state index in [0.717, 1.165) is 0 Å². The summed E-state index contributed by atoms with van der Waals surface area (Å²) in [4.78, 5) is 11.6. The van der Waals surface area contributed by atoms with Gasteiger partial charge in [-0.3, -0.25) is 0 Å². The lowest BCUT2D eigenvalue weighted by molar-refractivity contribution is 0.0526. The molecule has 0 saturated heterocycles. The van der Waals surface area contributed by atoms with E-state index in [1.165, 1.54) is 0 Å². The second kappa shape index (κ2) is 7.19. The summed E-state index contributed by atoms with van der Waals surface area (Å²) < 4.78 is 5.15. The molecule has 0 fully saturated rings. The quantitative estimate of drug-likeness (QED) is 0.892. The number of carbonyl (C=O) groups excluding carboxylic acids is 1. The molecule has 0 aliphatic rings. The number of nitrogens with one attached hydrogen (secondary N) is 2. The number of amides is 1. The average Bonchev–Trinajstić information content (AvgIpc) is 2.37. The Balaban J connectivity index is 2.53. The van der Waals surface area contributed by atoms with Gasteiger partial charge in [-0.2, -0.15) is 5.26 Å². The van der Waals surface area contributed by atoms with Crippen molar-refractivity contribution in [3.63, 3.8) is 0 Å². The molecule has 114 valence electrons. The maximum atomic E-state index is 11.6. The van der Waals surface area contributed by atoms with E-state index >= 15 is 0 Å². The van der Waals surface area contributed by atoms with Gasteiger partial charge < -0.3 is 15.4 Å². The fourth-order valence-electron chi connectivity index (χ4n) is 1.57. The predicted molar refractivity (Wildman–Crippen MR) is 83.5 cm³/mol. The zero-order valence-electron chi connectivity index (χ0n) is 12.7. The Kier molecular flexibility index (Phi) is 5.86. The van der Waals surface area contributed by atoms with Crippen LogP contribution in [-0.4, -0.2) is 24.3 Å². The zero-order valence-corrected chi connectivity index (χ0v) is 13.4. The van der Waals surface area contributed by atoms with Gasteiger partial charge in [-0.15, -0.1) is 0 Å². The van der Waals surface area contributed by atoms with Gasteiger partial charge in [0.2, 0.25) is 0 Å². The maximum absolute atomic E-state index is 11.6. The number of halogens is 1. The van der Waals surface area contributed by atoms with Gasteiger partial charge in [-0.05, 0) is 45.9 Å². The number of alkyl carbamates (subject to hydrolysis) is 1. The van der Waals surface area contributed by atoms with Gasteiger partial charge in [0.1, 0.15) is 5.60 Å². The van der Waals surface area contributed by atoms with Gasteiger partial charge >= 0.3 is 6.09 Å². The molecule has 6 heteroatoms. The highest BCUT2D eigenvalue weighted by atomic mass is 35.5. The van der Waals surface area contributed by atoms with Gasteiger partial charge in [-0.25, -0.2) is 4.79 Å². The Labute approximate surface area is 130 Å². The number of ether oxygens (including phenoxy) is 1. The van der Waals surface area contributed by atoms with Crippen molar-refractivity contribution >= 4 is 23.4 Å². The first-order valence-corrected chi connectivity index (χ1v) is 7.02. The number of hydrogen-bond donors (Lipinski definition) is 2. The molecule has 0 aromatic heterocycles. The molecule has 1 atom stereocenters. The van der Waals surface area contributed by atoms with E-state index in [2.05, 4.69) is 16.7 Å². The SMILES string of the molecule is CC(CNC(=O)OC(C)(C)C)Nc1cc(C#N)ccc1Cl. The monoisotopic (exact) mass is 309 g/mol. The van der Waals surface area contributed by atoms with Crippen molar-refractivity contribution in [3.05, 3.63) is 28.8 Å². The maximum Gasteiger partial charge on any atom is 0.407 e. The van der Waals surface area contributed by atoms with Crippen molar-refractivity contribution in [2.75, 3.05) is 11.9 Å². The van der Waals surface area contributed by atoms with Gasteiger partial charge in [0.05, 0.1) is 22.3 Å². The molecular weight excluding hydrogens is 290 g/mol. The summed E-state index contributed by atoms with van der Waals surface area (Å²) in [6.07, 6.45) is -0.465. The first kappa shape index (κ1) is 17.1. The van der Waals surface area contributed by atoms with Crippen LogP contribution in [0.5, 0.6) is 0 Å². The smallest absolute Gasteiger partial charge is 0.407 e. The molecule has 5 nitrogen and oxygen atoms in total. The van der Waals surface area contributed by atoms with Crippen molar-refractivity contribution in [2.45, 2.75) is 39.3 Å². The van der Waals surface area contributed by atoms with Crippen LogP contribution in [0, 0.1) is 11.3 Å². The summed E-state index contributed by atoms with van der Waals surface area (Å²) >= 11 is 6.06. The molecule has 1 unspecified atom stereocenters. The molecule has 0 aliphatic heterocycles. The van der Waals surface area contributed by atoms with E-state index in [0.29, 0.717) is 22.8 Å². The second-order valence-electron chi connectivity index (χ2n) is 5.73. The van der Waals surface area contributed by atoms with Gasteiger partial charge in [0.25, 0.3) is 0 Å². The lowest BCUT2D eigenvalue weighted by Gasteiger charge is -2.21. The molecule has 0 aliphatic carbocycles. The highest BCUT2D eigenvalue weighted by Crippen LogP contribution is 2.23. The van der Waals surface area contributed by atoms with Crippen LogP contribution in [-0.2, 0) is 4.74 Å². The van der Waals surface area contributed by atoms with Gasteiger partial charge in [0.15, 0.2) is 0 Å². The Morgan fingerprint density at radius 2 is 2.14 bits per heavy atom. The van der Waals surface area contributed by atoms with Crippen LogP contribution in [0.15, 0.2) is 18.2 Å². The Morgan fingerprint density at radius 3 is 2.71 bits per heavy atom. The summed E-state index contributed by atoms with van der Waals surface area (Å²) in [5.41, 5.74) is 0.661. The molecule has 2 N–H and O–H groups in total. The number of rotatable bonds is 4. The van der Waals surface area contributed by atoms with Crippen molar-refractivity contribution in [3.8, 4) is 6.07 Å². The number of hydrogen-bond acceptors (Lipinski definition) is 4. The summed E-state index contributed by atoms with van der Waals surface area (Å²) in [5.74, 6) is 0. The van der Waals surface area contributed by atoms with Crippen LogP contribution in [0.3, 0.4) is 0 Å². The number of carbonyl (C=O) groups is 1. The summed E-state index contributed by atoms with van der Waals surface area (Å²) in [6.45, 7) is 7.69. The van der Waals surface area contributed by atoms with E-state index in [9.17, 15) is 4.79 Å². The minimum Gasteiger partial charge on any atom is -0.444 e. The number of nitriles is 1. The first-order valence-electron chi connectivity index (χ1n) is 6.64. The fraction of sp³-hybridized carbons (Fsp3) is 0.467. The van der Waals surface area contributed by atoms with Crippen LogP contribution in [0.25, 0.3) is 0 Å². The third kappa shape index (κ3) is 6.37. The molecule has 1 rings (SSSR count). The number of benzene rings is 1. The minimum atomic E-state index is -0.523. The Hall–Kier alpha value is -1.93. The molecule has 21 heavy (non-hydrogen) atoms. The highest BCUT2D eigenvalue weighted by Gasteiger charge is 2.16. The van der Waals surface area contributed by atoms with Crippen LogP contribution in [0.2, 0.25) is 5.02 Å². The lowest BCUT2D eigenvalue weighted by atomic mass is 10.2. The van der Waals surface area contributed by atoms with E-state index in [4.69, 9.17) is 21.6 Å². The minimum absolute atomic E-state index is 0.0658. The van der Waals surface area contributed by atoms with Crippen molar-refractivity contribution < 1.29 is 9.53 Å². The molecule has 0 spiro atoms. The molecule has 0 radical (unpaired) electrons. The largest absolute Gasteiger partial charge is 0.444 e. The van der Waals surface area contributed by atoms with Crippen LogP contribution < -0.4 is 10.6 Å². The standard InChI is InChI=1S/C15H20ClN3O2/c1-10(9-18-14(20)21-15(2,3)4)19-13-7-11(8-17)5-6-12(13)16/h5-7,10,19H,9H2,1-4H3,(H,18,20). The molecule has 1 aromatic carbocycles. The second-order valence-corrected chi connectivity index (χ2v) is 6.14. The van der Waals surface area contributed by atoms with Crippen molar-refractivity contribution in [1.82, 2.24) is 5.32 Å². The van der Waals surface area contributed by atoms with Crippen molar-refractivity contribution in [1.29, 1.82) is 5.26 Å². The normalized spacial score (nSPS) is 12.2. The number of nitrogens with zero attached hydrogens (tertiary/aromatic N) is 1. The lowest BCUT2D eigenvalue weighted by Crippen LogP contribution is -2.38. The molecular formula is C15H20ClN3O2. The van der Waals surface area contributed by atoms with Crippen molar-refractivity contribution in [2.24, 2.45) is 0 Å². The average molecular weight is 310 g/mol. The van der Waals surface area contributed by atoms with E-state index in [-0.39, 0.29) is 6.04 Å². The Bertz CT molecular complexity index is 547. The van der Waals surface area contributed by atoms with Gasteiger partial charge in [0, 0.05) is 12.6 Å². The van der Waals surface area contributed by atoms with Crippen LogP contribution in [0.4, 0.5) is 10.5 Å². The summed E-state index contributed by atoms with van der Waals surface area (Å²) in [7, 11) is 0. The highest BCUT2D eigenvalue weighted by molar-refractivity contribution is 6.33. The third-order valence-electron chi connectivity index (χ3n) is 2.45. The van der Waals surface area contributed by atoms with Crippen LogP contribution >= 0.6 is 11.6 Å². The predicted octanol–water partition coefficient (Wildman–Crippen LogP) is 3.54. The van der Waals surface area contributed by atoms with Crippen LogP contribution in [0.1, 0.15) is 33.3 Å². The van der Waals surface area contributed by atoms with E-state index in [1.807, 2.05) is 6.92 Å². The molecule has 1 amide bonds. The van der Waals surface area contributed by atoms with E-state index in [1.54, 1.807) is 39.0 Å². The van der Waals surface area contributed by atoms with E-state index < -0.39 is 11.7 Å². The summed E-state index contributed by atoms with van der Waals surface area (Å²) in [5, 5.41) is 15.2. The molecule has 0 saturated carbocycles. The summed E-state index contributed by atoms with van der Waals surface area (Å²) in [6, 6.07) is 6.98. The number of anilines is 1. The van der Waals surface area contributed by atoms with Gasteiger partial charge in [-0.1, -0.05) is 11.6 Å². The first-order chi connectivity index (χ1) is 9.71. The Morgan fingerprint density at radius 1 is 1.48 bits per heavy atom. The zero-order chi connectivity index (χ0) is 16.0. The molecule has 0 heterocycles. The molecule has 0 bridgehead atoms.